The highest BCUT2D eigenvalue weighted by atomic mass is 14.1. The average Bonchev–Trinajstić information content (AvgIpc) is 2.57. The molecule has 0 radical (unpaired) electrons. The third-order valence-corrected chi connectivity index (χ3v) is 4.42. The molecule has 0 fully saturated rings. The first kappa shape index (κ1) is 16.0. The van der Waals surface area contributed by atoms with E-state index in [1.807, 2.05) is 6.07 Å². The van der Waals surface area contributed by atoms with Gasteiger partial charge in [-0.3, -0.25) is 0 Å². The van der Waals surface area contributed by atoms with Crippen LogP contribution in [0.3, 0.4) is 0 Å². The lowest BCUT2D eigenvalue weighted by Gasteiger charge is -2.07. The van der Waals surface area contributed by atoms with Crippen LogP contribution in [0, 0.1) is 13.8 Å². The Kier molecular flexibility index (Phi) is 4.48. The lowest BCUT2D eigenvalue weighted by molar-refractivity contribution is 1.43. The summed E-state index contributed by atoms with van der Waals surface area (Å²) in [7, 11) is 0. The van der Waals surface area contributed by atoms with E-state index < -0.39 is 0 Å². The van der Waals surface area contributed by atoms with Crippen molar-refractivity contribution in [3.63, 3.8) is 0 Å². The van der Waals surface area contributed by atoms with E-state index >= 15 is 0 Å². The van der Waals surface area contributed by atoms with Crippen LogP contribution in [0.25, 0.3) is 29.4 Å². The second kappa shape index (κ2) is 6.72. The smallest absolute Gasteiger partial charge is 0.0155 e. The second-order valence-electron chi connectivity index (χ2n) is 6.21. The third kappa shape index (κ3) is 3.23. The van der Waals surface area contributed by atoms with Gasteiger partial charge in [0, 0.05) is 0 Å². The van der Waals surface area contributed by atoms with Gasteiger partial charge in [-0.15, -0.1) is 0 Å². The van der Waals surface area contributed by atoms with Gasteiger partial charge in [0.15, 0.2) is 0 Å². The monoisotopic (exact) mass is 310 g/mol. The summed E-state index contributed by atoms with van der Waals surface area (Å²) >= 11 is 0. The first-order valence-electron chi connectivity index (χ1n) is 8.18. The Labute approximate surface area is 144 Å². The van der Waals surface area contributed by atoms with Gasteiger partial charge in [-0.2, -0.15) is 0 Å². The van der Waals surface area contributed by atoms with E-state index in [1.54, 1.807) is 0 Å². The molecule has 0 atom stereocenters. The van der Waals surface area contributed by atoms with E-state index in [0.717, 1.165) is 16.0 Å². The molecular weight excluding hydrogens is 288 g/mol. The van der Waals surface area contributed by atoms with Crippen molar-refractivity contribution >= 4 is 18.2 Å². The molecule has 0 bridgehead atoms. The average molecular weight is 310 g/mol. The molecule has 3 aromatic carbocycles. The minimum absolute atomic E-state index is 1.02. The molecule has 0 heterocycles. The molecule has 24 heavy (non-hydrogen) atoms. The minimum Gasteiger partial charge on any atom is -0.0911 e. The molecule has 0 nitrogen and oxygen atoms in total. The van der Waals surface area contributed by atoms with E-state index in [1.165, 1.54) is 27.8 Å². The predicted octanol–water partition coefficient (Wildman–Crippen LogP) is 4.87. The van der Waals surface area contributed by atoms with Gasteiger partial charge < -0.3 is 0 Å². The van der Waals surface area contributed by atoms with Crippen LogP contribution >= 0.6 is 0 Å². The Hall–Kier alpha value is -2.86. The Morgan fingerprint density at radius 2 is 1.50 bits per heavy atom. The van der Waals surface area contributed by atoms with E-state index in [9.17, 15) is 0 Å². The summed E-state index contributed by atoms with van der Waals surface area (Å²) in [5.41, 5.74) is 7.17. The summed E-state index contributed by atoms with van der Waals surface area (Å²) in [6, 6.07) is 23.2. The molecule has 0 N–H and O–H groups in total. The molecule has 0 spiro atoms. The summed E-state index contributed by atoms with van der Waals surface area (Å²) in [6.45, 7) is 12.7. The Balaban J connectivity index is 2.02. The number of benzene rings is 3. The molecule has 0 heteroatoms. The van der Waals surface area contributed by atoms with Gasteiger partial charge in [0.05, 0.1) is 0 Å². The summed E-state index contributed by atoms with van der Waals surface area (Å²) in [5.74, 6) is 0. The maximum Gasteiger partial charge on any atom is -0.0155 e. The van der Waals surface area contributed by atoms with Crippen molar-refractivity contribution < 1.29 is 0 Å². The zero-order valence-electron chi connectivity index (χ0n) is 14.3. The van der Waals surface area contributed by atoms with Crippen LogP contribution < -0.4 is 10.4 Å². The van der Waals surface area contributed by atoms with Crippen molar-refractivity contribution in [1.82, 2.24) is 0 Å². The second-order valence-corrected chi connectivity index (χ2v) is 6.21. The molecule has 118 valence electrons. The van der Waals surface area contributed by atoms with Crippen LogP contribution in [-0.2, 0) is 0 Å². The highest BCUT2D eigenvalue weighted by Crippen LogP contribution is 2.21. The Morgan fingerprint density at radius 3 is 2.17 bits per heavy atom. The number of rotatable bonds is 3. The van der Waals surface area contributed by atoms with Gasteiger partial charge in [-0.1, -0.05) is 73.8 Å². The van der Waals surface area contributed by atoms with E-state index in [2.05, 4.69) is 93.7 Å². The van der Waals surface area contributed by atoms with Crippen LogP contribution in [0.2, 0.25) is 0 Å². The predicted molar refractivity (Wildman–Crippen MR) is 106 cm³/mol. The quantitative estimate of drug-likeness (QED) is 0.647. The van der Waals surface area contributed by atoms with E-state index in [-0.39, 0.29) is 0 Å². The van der Waals surface area contributed by atoms with Crippen LogP contribution in [-0.4, -0.2) is 0 Å². The van der Waals surface area contributed by atoms with Gasteiger partial charge in [0.25, 0.3) is 0 Å². The van der Waals surface area contributed by atoms with Crippen molar-refractivity contribution in [3.8, 4) is 11.1 Å². The molecule has 3 aromatic rings. The fourth-order valence-corrected chi connectivity index (χ4v) is 3.01. The Bertz CT molecular complexity index is 1010. The van der Waals surface area contributed by atoms with E-state index in [4.69, 9.17) is 0 Å². The first-order chi connectivity index (χ1) is 11.6. The maximum atomic E-state index is 4.23. The minimum atomic E-state index is 1.02. The lowest BCUT2D eigenvalue weighted by Crippen LogP contribution is -2.22. The Morgan fingerprint density at radius 1 is 0.833 bits per heavy atom. The van der Waals surface area contributed by atoms with E-state index in [0.29, 0.717) is 0 Å². The van der Waals surface area contributed by atoms with Crippen molar-refractivity contribution in [3.05, 3.63) is 100 Å². The highest BCUT2D eigenvalue weighted by molar-refractivity contribution is 5.88. The topological polar surface area (TPSA) is 0 Å². The van der Waals surface area contributed by atoms with Crippen molar-refractivity contribution in [2.75, 3.05) is 0 Å². The van der Waals surface area contributed by atoms with Crippen LogP contribution in [0.4, 0.5) is 0 Å². The number of hydrogen-bond acceptors (Lipinski definition) is 0. The maximum absolute atomic E-state index is 4.23. The molecule has 0 saturated heterocycles. The van der Waals surface area contributed by atoms with Crippen molar-refractivity contribution in [1.29, 1.82) is 0 Å². The zero-order valence-corrected chi connectivity index (χ0v) is 14.3. The largest absolute Gasteiger partial charge is 0.0911 e. The lowest BCUT2D eigenvalue weighted by atomic mass is 9.98. The fourth-order valence-electron chi connectivity index (χ4n) is 3.01. The summed E-state index contributed by atoms with van der Waals surface area (Å²) in [5, 5.41) is 2.13. The zero-order chi connectivity index (χ0) is 17.1. The SMILES string of the molecule is C=C(/C=c1/ccc(-c2ccccc2C)cc1=C)c1ccccc1C. The van der Waals surface area contributed by atoms with Crippen LogP contribution in [0.5, 0.6) is 0 Å². The van der Waals surface area contributed by atoms with Crippen LogP contribution in [0.15, 0.2) is 73.3 Å². The fraction of sp³-hybridized carbons (Fsp3) is 0.0833. The molecule has 0 unspecified atom stereocenters. The van der Waals surface area contributed by atoms with Crippen LogP contribution in [0.1, 0.15) is 16.7 Å². The molecule has 0 aliphatic heterocycles. The normalized spacial score (nSPS) is 11.5. The van der Waals surface area contributed by atoms with Gasteiger partial charge in [0.1, 0.15) is 0 Å². The van der Waals surface area contributed by atoms with Crippen molar-refractivity contribution in [2.24, 2.45) is 0 Å². The van der Waals surface area contributed by atoms with Gasteiger partial charge >= 0.3 is 0 Å². The number of aryl methyl sites for hydroxylation is 2. The molecule has 0 aliphatic carbocycles. The molecule has 0 aromatic heterocycles. The third-order valence-electron chi connectivity index (χ3n) is 4.42. The number of allylic oxidation sites excluding steroid dienone is 1. The molecule has 0 aliphatic rings. The summed E-state index contributed by atoms with van der Waals surface area (Å²) < 4.78 is 0. The molecular formula is C24H22. The summed E-state index contributed by atoms with van der Waals surface area (Å²) in [4.78, 5) is 0. The standard InChI is InChI=1S/C24H22/c1-17-9-5-7-11-23(17)20(4)16-21-13-14-22(15-19(21)3)24-12-8-6-10-18(24)2/h5-16H,3-4H2,1-2H3/b21-16-. The molecule has 0 amide bonds. The number of hydrogen-bond donors (Lipinski definition) is 0. The summed E-state index contributed by atoms with van der Waals surface area (Å²) in [6.07, 6.45) is 2.12. The molecule has 3 rings (SSSR count). The molecule has 0 saturated carbocycles. The van der Waals surface area contributed by atoms with Gasteiger partial charge in [-0.05, 0) is 69.8 Å². The first-order valence-corrected chi connectivity index (χ1v) is 8.18. The van der Waals surface area contributed by atoms with Gasteiger partial charge in [0.2, 0.25) is 0 Å². The van der Waals surface area contributed by atoms with Crippen molar-refractivity contribution in [2.45, 2.75) is 13.8 Å². The van der Waals surface area contributed by atoms with Gasteiger partial charge in [-0.25, -0.2) is 0 Å². The highest BCUT2D eigenvalue weighted by Gasteiger charge is 2.02.